The molecule has 84 valence electrons. The minimum Gasteiger partial charge on any atom is -0.293 e. The monoisotopic (exact) mass is 279 g/mol. The smallest absolute Gasteiger partial charge is 0.180 e. The van der Waals surface area contributed by atoms with E-state index in [1.807, 2.05) is 32.9 Å². The van der Waals surface area contributed by atoms with Gasteiger partial charge in [-0.05, 0) is 30.5 Å². The van der Waals surface area contributed by atoms with Crippen LogP contribution in [0.3, 0.4) is 0 Å². The summed E-state index contributed by atoms with van der Waals surface area (Å²) in [6.45, 7) is 5.70. The molecule has 3 heteroatoms. The lowest BCUT2D eigenvalue weighted by molar-refractivity contribution is 0.0924. The number of nitriles is 1. The zero-order chi connectivity index (χ0) is 12.3. The Morgan fingerprint density at radius 1 is 1.44 bits per heavy atom. The van der Waals surface area contributed by atoms with Crippen LogP contribution < -0.4 is 0 Å². The summed E-state index contributed by atoms with van der Waals surface area (Å²) in [5.74, 6) is -0.602. The Balaban J connectivity index is 3.06. The molecule has 0 heterocycles. The maximum Gasteiger partial charge on any atom is 0.180 e. The Kier molecular flexibility index (Phi) is 4.26. The van der Waals surface area contributed by atoms with Gasteiger partial charge in [0.05, 0.1) is 6.07 Å². The van der Waals surface area contributed by atoms with Gasteiger partial charge >= 0.3 is 0 Å². The van der Waals surface area contributed by atoms with Gasteiger partial charge < -0.3 is 0 Å². The van der Waals surface area contributed by atoms with E-state index in [-0.39, 0.29) is 11.7 Å². The average molecular weight is 280 g/mol. The SMILES string of the molecule is Cc1cc(C(=O)C(C#N)C(C)C)ccc1Br. The molecule has 0 radical (unpaired) electrons. The Morgan fingerprint density at radius 2 is 2.06 bits per heavy atom. The van der Waals surface area contributed by atoms with Gasteiger partial charge in [-0.1, -0.05) is 35.8 Å². The van der Waals surface area contributed by atoms with E-state index in [0.717, 1.165) is 10.0 Å². The summed E-state index contributed by atoms with van der Waals surface area (Å²) < 4.78 is 0.974. The van der Waals surface area contributed by atoms with Crippen molar-refractivity contribution in [3.05, 3.63) is 33.8 Å². The van der Waals surface area contributed by atoms with Crippen molar-refractivity contribution < 1.29 is 4.79 Å². The first-order chi connectivity index (χ1) is 7.47. The van der Waals surface area contributed by atoms with Gasteiger partial charge in [0, 0.05) is 10.0 Å². The Labute approximate surface area is 104 Å². The highest BCUT2D eigenvalue weighted by Gasteiger charge is 2.23. The van der Waals surface area contributed by atoms with Crippen LogP contribution in [0.2, 0.25) is 0 Å². The van der Waals surface area contributed by atoms with Gasteiger partial charge in [0.1, 0.15) is 5.92 Å². The molecule has 1 rings (SSSR count). The first-order valence-electron chi connectivity index (χ1n) is 5.17. The van der Waals surface area contributed by atoms with E-state index in [0.29, 0.717) is 5.56 Å². The summed E-state index contributed by atoms with van der Waals surface area (Å²) in [6.07, 6.45) is 0. The number of halogens is 1. The first-order valence-corrected chi connectivity index (χ1v) is 5.96. The minimum absolute atomic E-state index is 0.0430. The van der Waals surface area contributed by atoms with Crippen molar-refractivity contribution in [3.8, 4) is 6.07 Å². The molecule has 0 aromatic heterocycles. The molecule has 0 aliphatic heterocycles. The van der Waals surface area contributed by atoms with Crippen LogP contribution in [0.25, 0.3) is 0 Å². The van der Waals surface area contributed by atoms with Crippen LogP contribution in [0.5, 0.6) is 0 Å². The summed E-state index contributed by atoms with van der Waals surface area (Å²) in [5.41, 5.74) is 1.62. The van der Waals surface area contributed by atoms with Gasteiger partial charge in [-0.25, -0.2) is 0 Å². The van der Waals surface area contributed by atoms with Crippen LogP contribution in [0.4, 0.5) is 0 Å². The van der Waals surface area contributed by atoms with Crippen LogP contribution in [0, 0.1) is 30.1 Å². The summed E-state index contributed by atoms with van der Waals surface area (Å²) in [5, 5.41) is 8.97. The molecule has 1 unspecified atom stereocenters. The number of rotatable bonds is 3. The lowest BCUT2D eigenvalue weighted by Gasteiger charge is -2.12. The molecule has 1 aromatic carbocycles. The number of ketones is 1. The molecule has 1 aromatic rings. The molecule has 0 fully saturated rings. The Bertz CT molecular complexity index is 446. The third-order valence-corrected chi connectivity index (χ3v) is 3.42. The average Bonchev–Trinajstić information content (AvgIpc) is 2.22. The Morgan fingerprint density at radius 3 is 2.50 bits per heavy atom. The molecular formula is C13H14BrNO. The molecule has 0 aliphatic carbocycles. The maximum absolute atomic E-state index is 12.0. The zero-order valence-corrected chi connectivity index (χ0v) is 11.2. The summed E-state index contributed by atoms with van der Waals surface area (Å²) in [7, 11) is 0. The van der Waals surface area contributed by atoms with Crippen LogP contribution in [0.15, 0.2) is 22.7 Å². The van der Waals surface area contributed by atoms with Gasteiger partial charge in [0.2, 0.25) is 0 Å². The zero-order valence-electron chi connectivity index (χ0n) is 9.62. The molecule has 0 saturated heterocycles. The molecule has 0 N–H and O–H groups in total. The van der Waals surface area contributed by atoms with E-state index in [2.05, 4.69) is 22.0 Å². The largest absolute Gasteiger partial charge is 0.293 e. The number of hydrogen-bond acceptors (Lipinski definition) is 2. The summed E-state index contributed by atoms with van der Waals surface area (Å²) >= 11 is 3.39. The molecule has 0 bridgehead atoms. The molecule has 0 spiro atoms. The van der Waals surface area contributed by atoms with E-state index in [1.165, 1.54) is 0 Å². The highest BCUT2D eigenvalue weighted by Crippen LogP contribution is 2.21. The van der Waals surface area contributed by atoms with Crippen molar-refractivity contribution in [1.82, 2.24) is 0 Å². The van der Waals surface area contributed by atoms with Crippen LogP contribution in [-0.2, 0) is 0 Å². The van der Waals surface area contributed by atoms with Gasteiger partial charge in [0.15, 0.2) is 5.78 Å². The lowest BCUT2D eigenvalue weighted by atomic mass is 9.89. The fraction of sp³-hybridized carbons (Fsp3) is 0.385. The number of aryl methyl sites for hydroxylation is 1. The van der Waals surface area contributed by atoms with Gasteiger partial charge in [0.25, 0.3) is 0 Å². The van der Waals surface area contributed by atoms with Crippen LogP contribution >= 0.6 is 15.9 Å². The second-order valence-electron chi connectivity index (χ2n) is 4.18. The van der Waals surface area contributed by atoms with E-state index in [1.54, 1.807) is 6.07 Å². The molecule has 1 atom stereocenters. The van der Waals surface area contributed by atoms with E-state index < -0.39 is 5.92 Å². The summed E-state index contributed by atoms with van der Waals surface area (Å²) in [4.78, 5) is 12.0. The molecular weight excluding hydrogens is 266 g/mol. The van der Waals surface area contributed by atoms with Crippen LogP contribution in [-0.4, -0.2) is 5.78 Å². The van der Waals surface area contributed by atoms with Crippen LogP contribution in [0.1, 0.15) is 29.8 Å². The van der Waals surface area contributed by atoms with Gasteiger partial charge in [-0.3, -0.25) is 4.79 Å². The second-order valence-corrected chi connectivity index (χ2v) is 5.03. The van der Waals surface area contributed by atoms with Crippen molar-refractivity contribution in [2.24, 2.45) is 11.8 Å². The van der Waals surface area contributed by atoms with Crippen molar-refractivity contribution in [2.45, 2.75) is 20.8 Å². The predicted molar refractivity (Wildman–Crippen MR) is 67.2 cm³/mol. The number of carbonyl (C=O) groups excluding carboxylic acids is 1. The summed E-state index contributed by atoms with van der Waals surface area (Å²) in [6, 6.07) is 7.49. The number of hydrogen-bond donors (Lipinski definition) is 0. The lowest BCUT2D eigenvalue weighted by Crippen LogP contribution is -2.18. The first kappa shape index (κ1) is 12.9. The fourth-order valence-corrected chi connectivity index (χ4v) is 1.73. The number of benzene rings is 1. The third-order valence-electron chi connectivity index (χ3n) is 2.53. The highest BCUT2D eigenvalue weighted by atomic mass is 79.9. The molecule has 0 amide bonds. The highest BCUT2D eigenvalue weighted by molar-refractivity contribution is 9.10. The standard InChI is InChI=1S/C13H14BrNO/c1-8(2)11(7-15)13(16)10-4-5-12(14)9(3)6-10/h4-6,8,11H,1-3H3. The van der Waals surface area contributed by atoms with E-state index in [9.17, 15) is 4.79 Å². The molecule has 0 aliphatic rings. The van der Waals surface area contributed by atoms with Crippen molar-refractivity contribution in [2.75, 3.05) is 0 Å². The van der Waals surface area contributed by atoms with Gasteiger partial charge in [-0.2, -0.15) is 5.26 Å². The van der Waals surface area contributed by atoms with Crippen molar-refractivity contribution in [3.63, 3.8) is 0 Å². The Hall–Kier alpha value is -1.14. The second kappa shape index (κ2) is 5.27. The predicted octanol–water partition coefficient (Wildman–Crippen LogP) is 3.74. The van der Waals surface area contributed by atoms with E-state index >= 15 is 0 Å². The normalized spacial score (nSPS) is 12.2. The third kappa shape index (κ3) is 2.70. The number of Topliss-reactive ketones (excluding diaryl/α,β-unsaturated/α-hetero) is 1. The fourth-order valence-electron chi connectivity index (χ4n) is 1.49. The molecule has 2 nitrogen and oxygen atoms in total. The maximum atomic E-state index is 12.0. The minimum atomic E-state index is -0.555. The van der Waals surface area contributed by atoms with Crippen molar-refractivity contribution >= 4 is 21.7 Å². The number of nitrogens with zero attached hydrogens (tertiary/aromatic N) is 1. The van der Waals surface area contributed by atoms with E-state index in [4.69, 9.17) is 5.26 Å². The topological polar surface area (TPSA) is 40.9 Å². The molecule has 0 saturated carbocycles. The quantitative estimate of drug-likeness (QED) is 0.791. The number of carbonyl (C=O) groups is 1. The van der Waals surface area contributed by atoms with Crippen molar-refractivity contribution in [1.29, 1.82) is 5.26 Å². The molecule has 16 heavy (non-hydrogen) atoms. The van der Waals surface area contributed by atoms with Gasteiger partial charge in [-0.15, -0.1) is 0 Å².